The average molecular weight is 328 g/mol. The van der Waals surface area contributed by atoms with Gasteiger partial charge in [0.2, 0.25) is 0 Å². The molecule has 0 amide bonds. The van der Waals surface area contributed by atoms with Crippen LogP contribution in [0, 0.1) is 0 Å². The van der Waals surface area contributed by atoms with Crippen molar-refractivity contribution in [2.45, 2.75) is 20.4 Å². The fourth-order valence-electron chi connectivity index (χ4n) is 1.77. The van der Waals surface area contributed by atoms with E-state index in [1.807, 2.05) is 24.3 Å². The lowest BCUT2D eigenvalue weighted by Crippen LogP contribution is -1.93. The minimum atomic E-state index is 0.656. The van der Waals surface area contributed by atoms with Crippen molar-refractivity contribution in [3.63, 3.8) is 0 Å². The second-order valence-corrected chi connectivity index (χ2v) is 6.07. The summed E-state index contributed by atoms with van der Waals surface area (Å²) in [6, 6.07) is 7.72. The number of nitrogens with zero attached hydrogens (tertiary/aromatic N) is 6. The maximum absolute atomic E-state index is 4.66. The summed E-state index contributed by atoms with van der Waals surface area (Å²) in [6.45, 7) is 0. The summed E-state index contributed by atoms with van der Waals surface area (Å²) in [6.07, 6.45) is 3.06. The van der Waals surface area contributed by atoms with Gasteiger partial charge in [0.05, 0.1) is 11.0 Å². The lowest BCUT2D eigenvalue weighted by Gasteiger charge is -2.06. The fraction of sp³-hybridized carbons (Fsp3) is 0. The minimum absolute atomic E-state index is 0.656. The average Bonchev–Trinajstić information content (AvgIpc) is 3.21. The largest absolute Gasteiger partial charge is 0.322 e. The molecule has 0 saturated heterocycles. The zero-order valence-electron chi connectivity index (χ0n) is 11.0. The number of rotatable bonds is 4. The van der Waals surface area contributed by atoms with Crippen LogP contribution in [0.4, 0.5) is 0 Å². The predicted octanol–water partition coefficient (Wildman–Crippen LogP) is 2.17. The highest BCUT2D eigenvalue weighted by molar-refractivity contribution is 8.02. The number of benzene rings is 1. The molecule has 22 heavy (non-hydrogen) atoms. The minimum Gasteiger partial charge on any atom is -0.322 e. The van der Waals surface area contributed by atoms with E-state index in [4.69, 9.17) is 0 Å². The maximum Gasteiger partial charge on any atom is 0.194 e. The molecule has 0 saturated carbocycles. The Bertz CT molecular complexity index is 816. The lowest BCUT2D eigenvalue weighted by atomic mass is 10.3. The van der Waals surface area contributed by atoms with Crippen LogP contribution in [0.3, 0.4) is 0 Å². The molecular weight excluding hydrogens is 320 g/mol. The van der Waals surface area contributed by atoms with Gasteiger partial charge in [0.15, 0.2) is 10.3 Å². The number of fused-ring (bicyclic) bond motifs is 1. The third-order valence-electron chi connectivity index (χ3n) is 2.68. The highest BCUT2D eigenvalue weighted by atomic mass is 32.2. The number of para-hydroxylation sites is 2. The topological polar surface area (TPSA) is 109 Å². The van der Waals surface area contributed by atoms with Gasteiger partial charge in [0.1, 0.15) is 22.7 Å². The Hall–Kier alpha value is -2.46. The van der Waals surface area contributed by atoms with Crippen molar-refractivity contribution in [3.8, 4) is 0 Å². The van der Waals surface area contributed by atoms with Gasteiger partial charge in [-0.25, -0.2) is 9.97 Å². The highest BCUT2D eigenvalue weighted by Crippen LogP contribution is 2.34. The van der Waals surface area contributed by atoms with Crippen molar-refractivity contribution in [3.05, 3.63) is 36.9 Å². The first kappa shape index (κ1) is 13.2. The summed E-state index contributed by atoms with van der Waals surface area (Å²) in [4.78, 5) is 15.2. The summed E-state index contributed by atoms with van der Waals surface area (Å²) in [5, 5.41) is 18.3. The molecule has 0 fully saturated rings. The molecule has 0 aliphatic rings. The van der Waals surface area contributed by atoms with Crippen molar-refractivity contribution in [1.29, 1.82) is 0 Å². The van der Waals surface area contributed by atoms with E-state index in [0.29, 0.717) is 10.3 Å². The molecule has 4 rings (SSSR count). The molecule has 0 aliphatic carbocycles. The zero-order chi connectivity index (χ0) is 14.8. The molecule has 0 spiro atoms. The van der Waals surface area contributed by atoms with Crippen LogP contribution in [0.15, 0.2) is 57.3 Å². The molecule has 8 nitrogen and oxygen atoms in total. The number of aromatic amines is 2. The number of nitrogens with one attached hydrogen (secondary N) is 2. The van der Waals surface area contributed by atoms with Crippen molar-refractivity contribution >= 4 is 34.6 Å². The Labute approximate surface area is 132 Å². The van der Waals surface area contributed by atoms with Crippen LogP contribution in [-0.2, 0) is 0 Å². The number of hydrogen-bond acceptors (Lipinski definition) is 8. The van der Waals surface area contributed by atoms with E-state index in [0.717, 1.165) is 21.1 Å². The van der Waals surface area contributed by atoms with E-state index >= 15 is 0 Å². The molecular formula is C12H8N8S2. The normalized spacial score (nSPS) is 11.1. The molecule has 10 heteroatoms. The Morgan fingerprint density at radius 1 is 0.727 bits per heavy atom. The molecule has 0 bridgehead atoms. The molecule has 3 aromatic heterocycles. The van der Waals surface area contributed by atoms with Gasteiger partial charge in [-0.05, 0) is 35.7 Å². The van der Waals surface area contributed by atoms with Crippen LogP contribution in [-0.4, -0.2) is 40.3 Å². The van der Waals surface area contributed by atoms with Crippen molar-refractivity contribution in [2.75, 3.05) is 0 Å². The van der Waals surface area contributed by atoms with Crippen molar-refractivity contribution < 1.29 is 0 Å². The third-order valence-corrected chi connectivity index (χ3v) is 4.55. The smallest absolute Gasteiger partial charge is 0.194 e. The van der Waals surface area contributed by atoms with Gasteiger partial charge < -0.3 is 9.97 Å². The van der Waals surface area contributed by atoms with Crippen LogP contribution in [0.2, 0.25) is 0 Å². The number of aromatic nitrogens is 8. The quantitative estimate of drug-likeness (QED) is 0.586. The van der Waals surface area contributed by atoms with Gasteiger partial charge in [-0.1, -0.05) is 12.1 Å². The summed E-state index contributed by atoms with van der Waals surface area (Å²) >= 11 is 2.74. The maximum atomic E-state index is 4.66. The second-order valence-electron chi connectivity index (χ2n) is 4.11. The third kappa shape index (κ3) is 2.65. The van der Waals surface area contributed by atoms with Gasteiger partial charge >= 0.3 is 0 Å². The SMILES string of the molecule is c1ccc2nc(Sc3nnc[nH]3)c(Sc3nnc[nH]3)nc2c1. The first-order valence-electron chi connectivity index (χ1n) is 6.23. The summed E-state index contributed by atoms with van der Waals surface area (Å²) in [5.41, 5.74) is 1.65. The van der Waals surface area contributed by atoms with Gasteiger partial charge in [0, 0.05) is 0 Å². The van der Waals surface area contributed by atoms with Crippen LogP contribution in [0.25, 0.3) is 11.0 Å². The predicted molar refractivity (Wildman–Crippen MR) is 80.5 cm³/mol. The lowest BCUT2D eigenvalue weighted by molar-refractivity contribution is 0.922. The van der Waals surface area contributed by atoms with E-state index < -0.39 is 0 Å². The monoisotopic (exact) mass is 328 g/mol. The standard InChI is InChI=1S/C12H8N8S2/c1-2-4-8-7(3-1)17-9(21-11-13-5-15-19-11)10(18-8)22-12-14-6-16-20-12/h1-6H,(H,13,15,19)(H,14,16,20). The molecule has 1 aromatic carbocycles. The Morgan fingerprint density at radius 2 is 1.23 bits per heavy atom. The zero-order valence-corrected chi connectivity index (χ0v) is 12.6. The molecule has 3 heterocycles. The molecule has 4 aromatic rings. The Morgan fingerprint density at radius 3 is 1.64 bits per heavy atom. The van der Waals surface area contributed by atoms with Gasteiger partial charge in [-0.15, -0.1) is 20.4 Å². The van der Waals surface area contributed by atoms with E-state index in [1.54, 1.807) is 0 Å². The highest BCUT2D eigenvalue weighted by Gasteiger charge is 2.14. The second kappa shape index (κ2) is 5.73. The van der Waals surface area contributed by atoms with E-state index in [1.165, 1.54) is 36.2 Å². The van der Waals surface area contributed by atoms with Crippen LogP contribution >= 0.6 is 23.5 Å². The summed E-state index contributed by atoms with van der Waals surface area (Å²) in [5.74, 6) is 0. The molecule has 108 valence electrons. The van der Waals surface area contributed by atoms with Crippen LogP contribution in [0.1, 0.15) is 0 Å². The van der Waals surface area contributed by atoms with Crippen molar-refractivity contribution in [1.82, 2.24) is 40.3 Å². The molecule has 0 radical (unpaired) electrons. The molecule has 0 aliphatic heterocycles. The van der Waals surface area contributed by atoms with Gasteiger partial charge in [-0.2, -0.15) is 0 Å². The van der Waals surface area contributed by atoms with Crippen LogP contribution < -0.4 is 0 Å². The number of hydrogen-bond donors (Lipinski definition) is 2. The Kier molecular flexibility index (Phi) is 3.45. The summed E-state index contributed by atoms with van der Waals surface area (Å²) < 4.78 is 0. The van der Waals surface area contributed by atoms with Crippen LogP contribution in [0.5, 0.6) is 0 Å². The molecule has 2 N–H and O–H groups in total. The van der Waals surface area contributed by atoms with E-state index in [2.05, 4.69) is 40.3 Å². The first-order chi connectivity index (χ1) is 10.9. The summed E-state index contributed by atoms with van der Waals surface area (Å²) in [7, 11) is 0. The Balaban J connectivity index is 1.79. The van der Waals surface area contributed by atoms with E-state index in [-0.39, 0.29) is 0 Å². The molecule has 0 unspecified atom stereocenters. The van der Waals surface area contributed by atoms with Gasteiger partial charge in [0.25, 0.3) is 0 Å². The number of H-pyrrole nitrogens is 2. The molecule has 0 atom stereocenters. The fourth-order valence-corrected chi connectivity index (χ4v) is 3.34. The van der Waals surface area contributed by atoms with E-state index in [9.17, 15) is 0 Å². The van der Waals surface area contributed by atoms with Gasteiger partial charge in [-0.3, -0.25) is 0 Å². The first-order valence-corrected chi connectivity index (χ1v) is 7.86. The van der Waals surface area contributed by atoms with Crippen molar-refractivity contribution in [2.24, 2.45) is 0 Å².